The molecule has 1 fully saturated rings. The largest absolute Gasteiger partial charge is 0.330 e. The van der Waals surface area contributed by atoms with Gasteiger partial charge in [0, 0.05) is 30.5 Å². The van der Waals surface area contributed by atoms with Crippen molar-refractivity contribution in [1.82, 2.24) is 25.0 Å². The molecule has 0 aliphatic carbocycles. The number of rotatable bonds is 5. The van der Waals surface area contributed by atoms with E-state index in [1.165, 1.54) is 0 Å². The SMILES string of the molecule is CN1CCC(N(Cc2ccncc2)C(=O)c2cc(-c3ccccc3)n[nH]2)CC1. The molecule has 0 radical (unpaired) electrons. The van der Waals surface area contributed by atoms with Crippen LogP contribution in [0.1, 0.15) is 28.9 Å². The molecule has 6 heteroatoms. The molecule has 0 bridgehead atoms. The average molecular weight is 375 g/mol. The Morgan fingerprint density at radius 3 is 2.57 bits per heavy atom. The van der Waals surface area contributed by atoms with E-state index in [2.05, 4.69) is 27.1 Å². The van der Waals surface area contributed by atoms with Crippen molar-refractivity contribution >= 4 is 5.91 Å². The van der Waals surface area contributed by atoms with E-state index in [-0.39, 0.29) is 11.9 Å². The number of piperidine rings is 1. The lowest BCUT2D eigenvalue weighted by Crippen LogP contribution is -2.46. The van der Waals surface area contributed by atoms with Crippen LogP contribution in [0.2, 0.25) is 0 Å². The zero-order valence-electron chi connectivity index (χ0n) is 16.1. The van der Waals surface area contributed by atoms with E-state index in [1.54, 1.807) is 12.4 Å². The molecule has 4 rings (SSSR count). The number of pyridine rings is 1. The first kappa shape index (κ1) is 18.4. The maximum atomic E-state index is 13.4. The zero-order chi connectivity index (χ0) is 19.3. The molecule has 0 atom stereocenters. The van der Waals surface area contributed by atoms with Gasteiger partial charge in [-0.1, -0.05) is 30.3 Å². The van der Waals surface area contributed by atoms with Crippen LogP contribution in [0, 0.1) is 0 Å². The number of H-pyrrole nitrogens is 1. The smallest absolute Gasteiger partial charge is 0.272 e. The summed E-state index contributed by atoms with van der Waals surface area (Å²) in [7, 11) is 2.13. The Labute approximate surface area is 165 Å². The van der Waals surface area contributed by atoms with Gasteiger partial charge in [0.2, 0.25) is 0 Å². The van der Waals surface area contributed by atoms with Crippen LogP contribution in [0.5, 0.6) is 0 Å². The van der Waals surface area contributed by atoms with E-state index in [9.17, 15) is 4.79 Å². The molecule has 3 aromatic rings. The highest BCUT2D eigenvalue weighted by atomic mass is 16.2. The third kappa shape index (κ3) is 4.12. The Bertz CT molecular complexity index is 901. The maximum absolute atomic E-state index is 13.4. The van der Waals surface area contributed by atoms with E-state index in [1.807, 2.05) is 53.4 Å². The topological polar surface area (TPSA) is 65.1 Å². The van der Waals surface area contributed by atoms with Crippen molar-refractivity contribution in [1.29, 1.82) is 0 Å². The summed E-state index contributed by atoms with van der Waals surface area (Å²) < 4.78 is 0. The lowest BCUT2D eigenvalue weighted by molar-refractivity contribution is 0.0563. The number of likely N-dealkylation sites (tertiary alicyclic amines) is 1. The molecular weight excluding hydrogens is 350 g/mol. The number of carbonyl (C=O) groups is 1. The molecule has 144 valence electrons. The van der Waals surface area contributed by atoms with Gasteiger partial charge in [0.25, 0.3) is 5.91 Å². The van der Waals surface area contributed by atoms with E-state index in [0.29, 0.717) is 12.2 Å². The second-order valence-electron chi connectivity index (χ2n) is 7.36. The molecule has 1 saturated heterocycles. The molecular formula is C22H25N5O. The second-order valence-corrected chi connectivity index (χ2v) is 7.36. The Hall–Kier alpha value is -2.99. The normalized spacial score (nSPS) is 15.5. The Morgan fingerprint density at radius 2 is 1.86 bits per heavy atom. The predicted octanol–water partition coefficient (Wildman–Crippen LogP) is 3.21. The molecule has 1 aliphatic heterocycles. The van der Waals surface area contributed by atoms with Crippen LogP contribution in [0.15, 0.2) is 60.9 Å². The van der Waals surface area contributed by atoms with Crippen LogP contribution in [0.4, 0.5) is 0 Å². The van der Waals surface area contributed by atoms with Crippen LogP contribution in [-0.2, 0) is 6.54 Å². The van der Waals surface area contributed by atoms with Gasteiger partial charge in [0.15, 0.2) is 0 Å². The van der Waals surface area contributed by atoms with Gasteiger partial charge >= 0.3 is 0 Å². The Balaban J connectivity index is 1.58. The van der Waals surface area contributed by atoms with Gasteiger partial charge < -0.3 is 9.80 Å². The van der Waals surface area contributed by atoms with Crippen molar-refractivity contribution in [2.75, 3.05) is 20.1 Å². The first-order chi connectivity index (χ1) is 13.7. The number of nitrogens with zero attached hydrogens (tertiary/aromatic N) is 4. The molecule has 1 amide bonds. The zero-order valence-corrected chi connectivity index (χ0v) is 16.1. The van der Waals surface area contributed by atoms with E-state index < -0.39 is 0 Å². The van der Waals surface area contributed by atoms with Gasteiger partial charge in [-0.25, -0.2) is 0 Å². The van der Waals surface area contributed by atoms with Crippen molar-refractivity contribution in [3.8, 4) is 11.3 Å². The summed E-state index contributed by atoms with van der Waals surface area (Å²) in [6.45, 7) is 2.58. The summed E-state index contributed by atoms with van der Waals surface area (Å²) in [6.07, 6.45) is 5.51. The molecule has 3 heterocycles. The van der Waals surface area contributed by atoms with E-state index in [4.69, 9.17) is 0 Å². The highest BCUT2D eigenvalue weighted by Crippen LogP contribution is 2.23. The minimum atomic E-state index is 0.000969. The number of carbonyl (C=O) groups excluding carboxylic acids is 1. The first-order valence-electron chi connectivity index (χ1n) is 9.70. The highest BCUT2D eigenvalue weighted by Gasteiger charge is 2.29. The molecule has 28 heavy (non-hydrogen) atoms. The number of aromatic nitrogens is 3. The second kappa shape index (κ2) is 8.35. The molecule has 6 nitrogen and oxygen atoms in total. The van der Waals surface area contributed by atoms with Gasteiger partial charge in [-0.15, -0.1) is 0 Å². The summed E-state index contributed by atoms with van der Waals surface area (Å²) in [5.74, 6) is 0.000969. The maximum Gasteiger partial charge on any atom is 0.272 e. The van der Waals surface area contributed by atoms with Crippen LogP contribution >= 0.6 is 0 Å². The summed E-state index contributed by atoms with van der Waals surface area (Å²) in [6, 6.07) is 15.9. The molecule has 2 aromatic heterocycles. The van der Waals surface area contributed by atoms with Crippen LogP contribution < -0.4 is 0 Å². The number of benzene rings is 1. The fourth-order valence-electron chi connectivity index (χ4n) is 3.70. The number of hydrogen-bond donors (Lipinski definition) is 1. The van der Waals surface area contributed by atoms with E-state index >= 15 is 0 Å². The Kier molecular flexibility index (Phi) is 5.48. The van der Waals surface area contributed by atoms with Gasteiger partial charge in [0.05, 0.1) is 5.69 Å². The molecule has 0 unspecified atom stereocenters. The minimum absolute atomic E-state index is 0.000969. The fourth-order valence-corrected chi connectivity index (χ4v) is 3.70. The van der Waals surface area contributed by atoms with Crippen LogP contribution in [0.3, 0.4) is 0 Å². The molecule has 1 aliphatic rings. The average Bonchev–Trinajstić information content (AvgIpc) is 3.24. The van der Waals surface area contributed by atoms with Crippen molar-refractivity contribution in [3.63, 3.8) is 0 Å². The lowest BCUT2D eigenvalue weighted by atomic mass is 10.0. The number of amides is 1. The van der Waals surface area contributed by atoms with Gasteiger partial charge in [-0.3, -0.25) is 14.9 Å². The highest BCUT2D eigenvalue weighted by molar-refractivity contribution is 5.93. The Morgan fingerprint density at radius 1 is 1.14 bits per heavy atom. The molecule has 0 saturated carbocycles. The third-order valence-electron chi connectivity index (χ3n) is 5.37. The standard InChI is InChI=1S/C22H25N5O/c1-26-13-9-19(10-14-26)27(16-17-7-11-23-12-8-17)22(28)21-15-20(24-25-21)18-5-3-2-4-6-18/h2-8,11-12,15,19H,9-10,13-14,16H2,1H3,(H,24,25). The molecule has 1 N–H and O–H groups in total. The summed E-state index contributed by atoms with van der Waals surface area (Å²) in [4.78, 5) is 21.8. The number of aromatic amines is 1. The molecule has 0 spiro atoms. The molecule has 1 aromatic carbocycles. The van der Waals surface area contributed by atoms with E-state index in [0.717, 1.165) is 42.8 Å². The summed E-state index contributed by atoms with van der Waals surface area (Å²) in [5, 5.41) is 7.32. The minimum Gasteiger partial charge on any atom is -0.330 e. The summed E-state index contributed by atoms with van der Waals surface area (Å²) >= 11 is 0. The van der Waals surface area contributed by atoms with Gasteiger partial charge in [-0.05, 0) is 56.7 Å². The third-order valence-corrected chi connectivity index (χ3v) is 5.37. The number of nitrogens with one attached hydrogen (secondary N) is 1. The van der Waals surface area contributed by atoms with Crippen LogP contribution in [0.25, 0.3) is 11.3 Å². The monoisotopic (exact) mass is 375 g/mol. The lowest BCUT2D eigenvalue weighted by Gasteiger charge is -2.37. The predicted molar refractivity (Wildman–Crippen MR) is 109 cm³/mol. The van der Waals surface area contributed by atoms with Crippen molar-refractivity contribution in [2.24, 2.45) is 0 Å². The van der Waals surface area contributed by atoms with Gasteiger partial charge in [0.1, 0.15) is 5.69 Å². The number of hydrogen-bond acceptors (Lipinski definition) is 4. The first-order valence-corrected chi connectivity index (χ1v) is 9.70. The van der Waals surface area contributed by atoms with Crippen molar-refractivity contribution in [3.05, 3.63) is 72.2 Å². The van der Waals surface area contributed by atoms with Crippen molar-refractivity contribution in [2.45, 2.75) is 25.4 Å². The summed E-state index contributed by atoms with van der Waals surface area (Å²) in [5.41, 5.74) is 3.41. The quantitative estimate of drug-likeness (QED) is 0.744. The fraction of sp³-hybridized carbons (Fsp3) is 0.318. The van der Waals surface area contributed by atoms with Crippen LogP contribution in [-0.4, -0.2) is 57.1 Å². The van der Waals surface area contributed by atoms with Crippen molar-refractivity contribution < 1.29 is 4.79 Å². The van der Waals surface area contributed by atoms with Gasteiger partial charge in [-0.2, -0.15) is 5.10 Å².